The monoisotopic (exact) mass is 243 g/mol. The Labute approximate surface area is 97.8 Å². The lowest BCUT2D eigenvalue weighted by molar-refractivity contribution is 0.109. The molecule has 0 saturated heterocycles. The third kappa shape index (κ3) is 2.81. The molecule has 2 atom stereocenters. The molecule has 16 heavy (non-hydrogen) atoms. The summed E-state index contributed by atoms with van der Waals surface area (Å²) in [6.07, 6.45) is 1.80. The highest BCUT2D eigenvalue weighted by molar-refractivity contribution is 7.80. The minimum Gasteiger partial charge on any atom is -0.399 e. The molecule has 4 N–H and O–H groups in total. The zero-order chi connectivity index (χ0) is 12.2. The van der Waals surface area contributed by atoms with Crippen LogP contribution in [0.15, 0.2) is 24.3 Å². The second-order valence-electron chi connectivity index (χ2n) is 3.76. The SMILES string of the molecule is CCCCC(O)(c1ccc(N)cc1)S(=O)O. The van der Waals surface area contributed by atoms with Crippen molar-refractivity contribution in [3.05, 3.63) is 29.8 Å². The number of hydrogen-bond donors (Lipinski definition) is 3. The lowest BCUT2D eigenvalue weighted by Gasteiger charge is -2.24. The maximum absolute atomic E-state index is 11.2. The van der Waals surface area contributed by atoms with E-state index >= 15 is 0 Å². The summed E-state index contributed by atoms with van der Waals surface area (Å²) < 4.78 is 20.5. The van der Waals surface area contributed by atoms with Crippen LogP contribution in [0.3, 0.4) is 0 Å². The molecule has 4 nitrogen and oxygen atoms in total. The van der Waals surface area contributed by atoms with E-state index in [1.165, 1.54) is 0 Å². The quantitative estimate of drug-likeness (QED) is 0.544. The first kappa shape index (κ1) is 13.2. The number of unbranched alkanes of at least 4 members (excludes halogenated alkanes) is 1. The Hall–Kier alpha value is -0.910. The van der Waals surface area contributed by atoms with Crippen molar-refractivity contribution in [2.45, 2.75) is 31.1 Å². The van der Waals surface area contributed by atoms with Gasteiger partial charge >= 0.3 is 0 Å². The van der Waals surface area contributed by atoms with Crippen LogP contribution in [0.4, 0.5) is 5.69 Å². The van der Waals surface area contributed by atoms with Crippen LogP contribution in [0.2, 0.25) is 0 Å². The fourth-order valence-electron chi connectivity index (χ4n) is 1.49. The van der Waals surface area contributed by atoms with Gasteiger partial charge in [-0.05, 0) is 30.5 Å². The topological polar surface area (TPSA) is 83.5 Å². The molecule has 0 aliphatic rings. The molecule has 90 valence electrons. The lowest BCUT2D eigenvalue weighted by Crippen LogP contribution is -2.30. The molecule has 0 spiro atoms. The van der Waals surface area contributed by atoms with Gasteiger partial charge in [-0.3, -0.25) is 0 Å². The van der Waals surface area contributed by atoms with Gasteiger partial charge in [0.2, 0.25) is 0 Å². The van der Waals surface area contributed by atoms with Crippen LogP contribution in [0, 0.1) is 0 Å². The lowest BCUT2D eigenvalue weighted by atomic mass is 10.0. The van der Waals surface area contributed by atoms with Crippen LogP contribution in [0.25, 0.3) is 0 Å². The van der Waals surface area contributed by atoms with Gasteiger partial charge in [-0.1, -0.05) is 25.5 Å². The first-order chi connectivity index (χ1) is 7.50. The molecule has 1 rings (SSSR count). The zero-order valence-electron chi connectivity index (χ0n) is 9.22. The molecule has 0 aromatic heterocycles. The molecule has 1 aromatic carbocycles. The molecule has 0 bridgehead atoms. The van der Waals surface area contributed by atoms with Gasteiger partial charge < -0.3 is 15.4 Å². The predicted octanol–water partition coefficient (Wildman–Crippen LogP) is 1.83. The summed E-state index contributed by atoms with van der Waals surface area (Å²) in [4.78, 5) is -1.69. The number of benzene rings is 1. The van der Waals surface area contributed by atoms with E-state index in [2.05, 4.69) is 0 Å². The molecular weight excluding hydrogens is 226 g/mol. The maximum Gasteiger partial charge on any atom is 0.190 e. The van der Waals surface area contributed by atoms with Crippen LogP contribution in [0.1, 0.15) is 31.7 Å². The first-order valence-electron chi connectivity index (χ1n) is 5.20. The third-order valence-corrected chi connectivity index (χ3v) is 3.54. The second kappa shape index (κ2) is 5.43. The van der Waals surface area contributed by atoms with Crippen molar-refractivity contribution in [3.8, 4) is 0 Å². The van der Waals surface area contributed by atoms with Crippen LogP contribution in [-0.4, -0.2) is 13.9 Å². The highest BCUT2D eigenvalue weighted by Gasteiger charge is 2.35. The van der Waals surface area contributed by atoms with Gasteiger partial charge in [0.1, 0.15) is 0 Å². The molecule has 0 radical (unpaired) electrons. The Kier molecular flexibility index (Phi) is 4.46. The van der Waals surface area contributed by atoms with Crippen molar-refractivity contribution in [3.63, 3.8) is 0 Å². The summed E-state index contributed by atoms with van der Waals surface area (Å²) >= 11 is -2.31. The van der Waals surface area contributed by atoms with E-state index in [4.69, 9.17) is 5.73 Å². The van der Waals surface area contributed by atoms with Gasteiger partial charge in [-0.2, -0.15) is 0 Å². The molecule has 1 aromatic rings. The maximum atomic E-state index is 11.2. The van der Waals surface area contributed by atoms with Crippen LogP contribution >= 0.6 is 0 Å². The van der Waals surface area contributed by atoms with E-state index in [1.54, 1.807) is 24.3 Å². The summed E-state index contributed by atoms with van der Waals surface area (Å²) in [6.45, 7) is 1.96. The number of nitrogen functional groups attached to an aromatic ring is 1. The van der Waals surface area contributed by atoms with Crippen molar-refractivity contribution < 1.29 is 13.9 Å². The smallest absolute Gasteiger partial charge is 0.190 e. The van der Waals surface area contributed by atoms with Gasteiger partial charge in [-0.25, -0.2) is 4.21 Å². The predicted molar refractivity (Wildman–Crippen MR) is 65.0 cm³/mol. The number of hydrogen-bond acceptors (Lipinski definition) is 3. The number of anilines is 1. The van der Waals surface area contributed by atoms with Crippen LogP contribution < -0.4 is 5.73 Å². The Morgan fingerprint density at radius 3 is 2.38 bits per heavy atom. The molecule has 0 heterocycles. The average Bonchev–Trinajstić information content (AvgIpc) is 2.26. The Bertz CT molecular complexity index is 366. The van der Waals surface area contributed by atoms with E-state index in [0.29, 0.717) is 17.7 Å². The Morgan fingerprint density at radius 2 is 1.94 bits per heavy atom. The van der Waals surface area contributed by atoms with Crippen LogP contribution in [-0.2, 0) is 16.0 Å². The second-order valence-corrected chi connectivity index (χ2v) is 4.93. The summed E-state index contributed by atoms with van der Waals surface area (Å²) in [6, 6.07) is 6.39. The van der Waals surface area contributed by atoms with E-state index < -0.39 is 16.0 Å². The summed E-state index contributed by atoms with van der Waals surface area (Å²) in [7, 11) is 0. The summed E-state index contributed by atoms with van der Waals surface area (Å²) in [5.41, 5.74) is 6.51. The third-order valence-electron chi connectivity index (χ3n) is 2.52. The van der Waals surface area contributed by atoms with Gasteiger partial charge in [0.25, 0.3) is 0 Å². The minimum atomic E-state index is -2.31. The average molecular weight is 243 g/mol. The van der Waals surface area contributed by atoms with Gasteiger partial charge in [0.15, 0.2) is 16.0 Å². The highest BCUT2D eigenvalue weighted by atomic mass is 32.2. The molecule has 0 saturated carbocycles. The van der Waals surface area contributed by atoms with Gasteiger partial charge in [0.05, 0.1) is 0 Å². The normalized spacial score (nSPS) is 16.7. The van der Waals surface area contributed by atoms with E-state index in [9.17, 15) is 13.9 Å². The number of nitrogens with two attached hydrogens (primary N) is 1. The molecule has 0 aliphatic carbocycles. The van der Waals surface area contributed by atoms with E-state index in [-0.39, 0.29) is 6.42 Å². The molecule has 0 aliphatic heterocycles. The molecule has 5 heteroatoms. The number of rotatable bonds is 5. The van der Waals surface area contributed by atoms with Crippen LogP contribution in [0.5, 0.6) is 0 Å². The Morgan fingerprint density at radius 1 is 1.38 bits per heavy atom. The molecule has 0 amide bonds. The van der Waals surface area contributed by atoms with Gasteiger partial charge in [-0.15, -0.1) is 0 Å². The molecular formula is C11H17NO3S. The van der Waals surface area contributed by atoms with Crippen molar-refractivity contribution in [1.82, 2.24) is 0 Å². The van der Waals surface area contributed by atoms with Gasteiger partial charge in [0, 0.05) is 5.69 Å². The standard InChI is InChI=1S/C11H17NO3S/c1-2-3-8-11(13,16(14)15)9-4-6-10(12)7-5-9/h4-7,13H,2-3,8,12H2,1H3,(H,14,15). The number of aliphatic hydroxyl groups is 1. The van der Waals surface area contributed by atoms with Crippen molar-refractivity contribution in [1.29, 1.82) is 0 Å². The zero-order valence-corrected chi connectivity index (χ0v) is 10.0. The first-order valence-corrected chi connectivity index (χ1v) is 6.30. The minimum absolute atomic E-state index is 0.260. The van der Waals surface area contributed by atoms with E-state index in [0.717, 1.165) is 6.42 Å². The summed E-state index contributed by atoms with van der Waals surface area (Å²) in [5, 5.41) is 10.2. The molecule has 0 fully saturated rings. The highest BCUT2D eigenvalue weighted by Crippen LogP contribution is 2.30. The van der Waals surface area contributed by atoms with E-state index in [1.807, 2.05) is 6.92 Å². The van der Waals surface area contributed by atoms with Crippen molar-refractivity contribution in [2.24, 2.45) is 0 Å². The van der Waals surface area contributed by atoms with Crippen molar-refractivity contribution in [2.75, 3.05) is 5.73 Å². The fourth-order valence-corrected chi connectivity index (χ4v) is 2.15. The van der Waals surface area contributed by atoms with Crippen molar-refractivity contribution >= 4 is 16.8 Å². The largest absolute Gasteiger partial charge is 0.399 e. The summed E-state index contributed by atoms with van der Waals surface area (Å²) in [5.74, 6) is 0. The molecule has 2 unspecified atom stereocenters. The Balaban J connectivity index is 3.01. The fraction of sp³-hybridized carbons (Fsp3) is 0.455.